The van der Waals surface area contributed by atoms with E-state index in [1.807, 2.05) is 0 Å². The zero-order valence-electron chi connectivity index (χ0n) is 5.48. The van der Waals surface area contributed by atoms with Crippen LogP contribution in [0.2, 0.25) is 0 Å². The molecule has 2 rings (SSSR count). The minimum atomic E-state index is 0.261. The van der Waals surface area contributed by atoms with Gasteiger partial charge in [-0.1, -0.05) is 5.16 Å². The second-order valence-electron chi connectivity index (χ2n) is 1.95. The number of nitrogens with zero attached hydrogens (tertiary/aromatic N) is 3. The average Bonchev–Trinajstić information content (AvgIpc) is 2.55. The van der Waals surface area contributed by atoms with Crippen LogP contribution < -0.4 is 5.73 Å². The second-order valence-corrected chi connectivity index (χ2v) is 1.95. The molecule has 3 N–H and O–H groups in total. The number of hydrogen-bond donors (Lipinski definition) is 2. The molecule has 0 radical (unpaired) electrons. The average molecular weight is 151 g/mol. The quantitative estimate of drug-likeness (QED) is 0.600. The maximum absolute atomic E-state index is 5.29. The van der Waals surface area contributed by atoms with Crippen molar-refractivity contribution in [3.8, 4) is 11.5 Å². The Morgan fingerprint density at radius 3 is 3.00 bits per heavy atom. The van der Waals surface area contributed by atoms with E-state index in [9.17, 15) is 0 Å². The number of hydrogen-bond acceptors (Lipinski definition) is 5. The normalized spacial score (nSPS) is 10.2. The summed E-state index contributed by atoms with van der Waals surface area (Å²) in [5.41, 5.74) is 5.85. The SMILES string of the molecule is Nc1cc(-c2ncn[nH]2)no1. The molecule has 2 aromatic heterocycles. The van der Waals surface area contributed by atoms with E-state index >= 15 is 0 Å². The van der Waals surface area contributed by atoms with Gasteiger partial charge in [-0.3, -0.25) is 5.10 Å². The van der Waals surface area contributed by atoms with Gasteiger partial charge in [0.25, 0.3) is 0 Å². The molecule has 56 valence electrons. The van der Waals surface area contributed by atoms with Crippen LogP contribution in [0.1, 0.15) is 0 Å². The summed E-state index contributed by atoms with van der Waals surface area (Å²) in [4.78, 5) is 3.86. The summed E-state index contributed by atoms with van der Waals surface area (Å²) in [5, 5.41) is 9.90. The van der Waals surface area contributed by atoms with Crippen LogP contribution in [0.3, 0.4) is 0 Å². The largest absolute Gasteiger partial charge is 0.368 e. The lowest BCUT2D eigenvalue weighted by Gasteiger charge is -1.80. The molecule has 0 unspecified atom stereocenters. The van der Waals surface area contributed by atoms with Crippen molar-refractivity contribution >= 4 is 5.88 Å². The van der Waals surface area contributed by atoms with Crippen molar-refractivity contribution in [3.05, 3.63) is 12.4 Å². The summed E-state index contributed by atoms with van der Waals surface area (Å²) >= 11 is 0. The van der Waals surface area contributed by atoms with Crippen LogP contribution in [0.15, 0.2) is 16.9 Å². The Labute approximate surface area is 61.4 Å². The van der Waals surface area contributed by atoms with Crippen molar-refractivity contribution in [2.24, 2.45) is 0 Å². The lowest BCUT2D eigenvalue weighted by Crippen LogP contribution is -1.79. The molecule has 0 aliphatic rings. The lowest BCUT2D eigenvalue weighted by molar-refractivity contribution is 0.438. The lowest BCUT2D eigenvalue weighted by atomic mass is 10.4. The Morgan fingerprint density at radius 1 is 1.55 bits per heavy atom. The third-order valence-corrected chi connectivity index (χ3v) is 1.19. The molecule has 2 heterocycles. The van der Waals surface area contributed by atoms with E-state index in [1.54, 1.807) is 6.07 Å². The molecule has 11 heavy (non-hydrogen) atoms. The number of H-pyrrole nitrogens is 1. The van der Waals surface area contributed by atoms with E-state index in [1.165, 1.54) is 6.33 Å². The first kappa shape index (κ1) is 5.90. The topological polar surface area (TPSA) is 93.6 Å². The van der Waals surface area contributed by atoms with E-state index in [4.69, 9.17) is 5.73 Å². The molecule has 0 amide bonds. The zero-order valence-corrected chi connectivity index (χ0v) is 5.48. The van der Waals surface area contributed by atoms with Gasteiger partial charge in [0.1, 0.15) is 6.33 Å². The third-order valence-electron chi connectivity index (χ3n) is 1.19. The van der Waals surface area contributed by atoms with Gasteiger partial charge >= 0.3 is 0 Å². The number of rotatable bonds is 1. The molecule has 0 atom stereocenters. The van der Waals surface area contributed by atoms with E-state index in [-0.39, 0.29) is 5.88 Å². The van der Waals surface area contributed by atoms with Gasteiger partial charge in [-0.15, -0.1) is 0 Å². The van der Waals surface area contributed by atoms with Crippen LogP contribution in [-0.4, -0.2) is 20.3 Å². The van der Waals surface area contributed by atoms with Gasteiger partial charge in [-0.05, 0) is 0 Å². The second kappa shape index (κ2) is 2.08. The third kappa shape index (κ3) is 0.936. The molecule has 0 saturated carbocycles. The summed E-state index contributed by atoms with van der Waals surface area (Å²) in [7, 11) is 0. The fourth-order valence-corrected chi connectivity index (χ4v) is 0.730. The molecule has 0 aromatic carbocycles. The van der Waals surface area contributed by atoms with Crippen molar-refractivity contribution in [1.29, 1.82) is 0 Å². The molecule has 0 saturated heterocycles. The van der Waals surface area contributed by atoms with Crippen molar-refractivity contribution in [3.63, 3.8) is 0 Å². The Bertz CT molecular complexity index is 337. The number of aromatic nitrogens is 4. The molecule has 6 nitrogen and oxygen atoms in total. The predicted octanol–water partition coefficient (Wildman–Crippen LogP) is 0.0419. The van der Waals surface area contributed by atoms with Crippen LogP contribution in [-0.2, 0) is 0 Å². The minimum absolute atomic E-state index is 0.261. The van der Waals surface area contributed by atoms with Crippen molar-refractivity contribution in [1.82, 2.24) is 20.3 Å². The first-order valence-corrected chi connectivity index (χ1v) is 2.94. The predicted molar refractivity (Wildman–Crippen MR) is 36.3 cm³/mol. The highest BCUT2D eigenvalue weighted by molar-refractivity contribution is 5.51. The fraction of sp³-hybridized carbons (Fsp3) is 0. The number of nitrogens with two attached hydrogens (primary N) is 1. The highest BCUT2D eigenvalue weighted by Gasteiger charge is 2.05. The summed E-state index contributed by atoms with van der Waals surface area (Å²) in [5.74, 6) is 0.807. The minimum Gasteiger partial charge on any atom is -0.368 e. The molecule has 2 aromatic rings. The van der Waals surface area contributed by atoms with Gasteiger partial charge in [0.05, 0.1) is 0 Å². The number of anilines is 1. The van der Waals surface area contributed by atoms with Crippen molar-refractivity contribution in [2.45, 2.75) is 0 Å². The molecular formula is C5H5N5O. The summed E-state index contributed by atoms with van der Waals surface area (Å²) < 4.78 is 4.63. The number of nitrogens with one attached hydrogen (secondary N) is 1. The molecule has 0 aliphatic carbocycles. The first-order valence-electron chi connectivity index (χ1n) is 2.94. The van der Waals surface area contributed by atoms with E-state index in [0.717, 1.165) is 0 Å². The van der Waals surface area contributed by atoms with Crippen molar-refractivity contribution in [2.75, 3.05) is 5.73 Å². The molecule has 0 fully saturated rings. The van der Waals surface area contributed by atoms with Crippen molar-refractivity contribution < 1.29 is 4.52 Å². The highest BCUT2D eigenvalue weighted by atomic mass is 16.5. The van der Waals surface area contributed by atoms with E-state index in [0.29, 0.717) is 11.5 Å². The van der Waals surface area contributed by atoms with Crippen LogP contribution >= 0.6 is 0 Å². The van der Waals surface area contributed by atoms with E-state index < -0.39 is 0 Å². The Hall–Kier alpha value is -1.85. The Kier molecular flexibility index (Phi) is 1.12. The zero-order chi connectivity index (χ0) is 7.68. The van der Waals surface area contributed by atoms with Gasteiger partial charge in [-0.2, -0.15) is 5.10 Å². The van der Waals surface area contributed by atoms with Gasteiger partial charge in [0.15, 0.2) is 11.5 Å². The first-order chi connectivity index (χ1) is 5.36. The molecular weight excluding hydrogens is 146 g/mol. The van der Waals surface area contributed by atoms with Crippen LogP contribution in [0.5, 0.6) is 0 Å². The standard InChI is InChI=1S/C5H5N5O/c6-4-1-3(10-11-4)5-7-2-8-9-5/h1-2H,6H2,(H,7,8,9). The summed E-state index contributed by atoms with van der Waals surface area (Å²) in [6.45, 7) is 0. The maximum atomic E-state index is 5.29. The molecule has 0 spiro atoms. The molecule has 0 aliphatic heterocycles. The van der Waals surface area contributed by atoms with Crippen LogP contribution in [0.4, 0.5) is 5.88 Å². The number of nitrogen functional groups attached to an aromatic ring is 1. The summed E-state index contributed by atoms with van der Waals surface area (Å²) in [6.07, 6.45) is 1.39. The van der Waals surface area contributed by atoms with Crippen LogP contribution in [0, 0.1) is 0 Å². The smallest absolute Gasteiger partial charge is 0.222 e. The number of aromatic amines is 1. The van der Waals surface area contributed by atoms with Gasteiger partial charge in [0.2, 0.25) is 5.88 Å². The summed E-state index contributed by atoms with van der Waals surface area (Å²) in [6, 6.07) is 1.57. The Balaban J connectivity index is 2.45. The highest BCUT2D eigenvalue weighted by Crippen LogP contribution is 2.13. The Morgan fingerprint density at radius 2 is 2.45 bits per heavy atom. The van der Waals surface area contributed by atoms with Gasteiger partial charge < -0.3 is 10.3 Å². The van der Waals surface area contributed by atoms with Gasteiger partial charge in [-0.25, -0.2) is 4.98 Å². The van der Waals surface area contributed by atoms with Crippen LogP contribution in [0.25, 0.3) is 11.5 Å². The fourth-order valence-electron chi connectivity index (χ4n) is 0.730. The maximum Gasteiger partial charge on any atom is 0.222 e. The van der Waals surface area contributed by atoms with E-state index in [2.05, 4.69) is 24.9 Å². The monoisotopic (exact) mass is 151 g/mol. The van der Waals surface area contributed by atoms with Gasteiger partial charge in [0, 0.05) is 6.07 Å². The molecule has 0 bridgehead atoms. The molecule has 6 heteroatoms.